The largest absolute Gasteiger partial charge is 0.489 e. The minimum absolute atomic E-state index is 0.00583. The van der Waals surface area contributed by atoms with Crippen LogP contribution >= 0.6 is 0 Å². The van der Waals surface area contributed by atoms with Crippen LogP contribution in [0.2, 0.25) is 0 Å². The van der Waals surface area contributed by atoms with E-state index in [0.29, 0.717) is 10.8 Å². The van der Waals surface area contributed by atoms with Gasteiger partial charge in [0, 0.05) is 5.56 Å². The molecule has 0 fully saturated rings. The lowest BCUT2D eigenvalue weighted by molar-refractivity contribution is -0.0321. The number of nitrogens with two attached hydrogens (primary N) is 1. The van der Waals surface area contributed by atoms with Gasteiger partial charge in [-0.15, -0.1) is 0 Å². The monoisotopic (exact) mass is 368 g/mol. The Morgan fingerprint density at radius 1 is 1.19 bits per heavy atom. The topological polar surface area (TPSA) is 85.0 Å². The number of amides is 2. The fourth-order valence-corrected chi connectivity index (χ4v) is 2.79. The van der Waals surface area contributed by atoms with E-state index >= 15 is 0 Å². The first kappa shape index (κ1) is 18.8. The molecule has 0 aromatic heterocycles. The van der Waals surface area contributed by atoms with Gasteiger partial charge >= 0.3 is 6.03 Å². The quantitative estimate of drug-likeness (QED) is 0.622. The number of carbonyl (C=O) groups excluding carboxylic acids is 1. The Kier molecular flexibility index (Phi) is 5.10. The van der Waals surface area contributed by atoms with Crippen molar-refractivity contribution in [2.45, 2.75) is 26.2 Å². The molecule has 0 unspecified atom stereocenters. The van der Waals surface area contributed by atoms with Gasteiger partial charge in [0.25, 0.3) is 0 Å². The Morgan fingerprint density at radius 3 is 2.48 bits per heavy atom. The van der Waals surface area contributed by atoms with Crippen molar-refractivity contribution in [3.8, 4) is 17.2 Å². The number of ether oxygens (including phenoxy) is 2. The Balaban J connectivity index is 1.76. The number of nitrogens with zero attached hydrogens (tertiary/aromatic N) is 1. The Hall–Kier alpha value is -2.99. The lowest BCUT2D eigenvalue weighted by atomic mass is 9.87. The van der Waals surface area contributed by atoms with Gasteiger partial charge in [0.2, 0.25) is 0 Å². The third-order valence-corrected chi connectivity index (χ3v) is 4.32. The van der Waals surface area contributed by atoms with Crippen LogP contribution in [-0.4, -0.2) is 29.5 Å². The standard InChI is InChI=1S/C21H24N2O4/c1-21(2,3)16-4-6-17(7-5-16)27-18-8-9-19-15(11-18)10-14(13-26-19)12-23(25)20(22)24/h4-11,25H,12-13H2,1-3H3,(H2,22,24). The van der Waals surface area contributed by atoms with Gasteiger partial charge in [0.1, 0.15) is 23.9 Å². The molecule has 3 N–H and O–H groups in total. The Labute approximate surface area is 158 Å². The molecule has 1 heterocycles. The molecule has 3 rings (SSSR count). The van der Waals surface area contributed by atoms with Crippen molar-refractivity contribution in [2.75, 3.05) is 13.2 Å². The summed E-state index contributed by atoms with van der Waals surface area (Å²) in [5.41, 5.74) is 7.93. The van der Waals surface area contributed by atoms with Gasteiger partial charge in [-0.2, -0.15) is 0 Å². The number of hydrogen-bond acceptors (Lipinski definition) is 4. The molecule has 0 atom stereocenters. The van der Waals surface area contributed by atoms with Crippen molar-refractivity contribution >= 4 is 12.1 Å². The second kappa shape index (κ2) is 7.32. The molecule has 1 aliphatic rings. The SMILES string of the molecule is CC(C)(C)c1ccc(Oc2ccc3c(c2)C=C(CN(O)C(N)=O)CO3)cc1. The van der Waals surface area contributed by atoms with E-state index in [2.05, 4.69) is 32.9 Å². The van der Waals surface area contributed by atoms with Crippen LogP contribution in [0.5, 0.6) is 17.2 Å². The summed E-state index contributed by atoms with van der Waals surface area (Å²) in [7, 11) is 0. The first-order chi connectivity index (χ1) is 12.7. The fraction of sp³-hybridized carbons (Fsp3) is 0.286. The molecule has 0 saturated carbocycles. The molecule has 0 bridgehead atoms. The van der Waals surface area contributed by atoms with Crippen LogP contribution in [0.15, 0.2) is 48.0 Å². The van der Waals surface area contributed by atoms with E-state index in [4.69, 9.17) is 15.2 Å². The highest BCUT2D eigenvalue weighted by atomic mass is 16.5. The van der Waals surface area contributed by atoms with Crippen molar-refractivity contribution in [2.24, 2.45) is 5.73 Å². The minimum Gasteiger partial charge on any atom is -0.489 e. The number of hydroxylamine groups is 2. The van der Waals surface area contributed by atoms with Crippen molar-refractivity contribution in [3.05, 3.63) is 59.2 Å². The van der Waals surface area contributed by atoms with Crippen LogP contribution in [0.25, 0.3) is 6.08 Å². The smallest absolute Gasteiger partial charge is 0.338 e. The van der Waals surface area contributed by atoms with Gasteiger partial charge in [-0.05, 0) is 53.0 Å². The molecule has 6 heteroatoms. The molecule has 142 valence electrons. The second-order valence-electron chi connectivity index (χ2n) is 7.56. The zero-order valence-corrected chi connectivity index (χ0v) is 15.7. The predicted octanol–water partition coefficient (Wildman–Crippen LogP) is 4.32. The van der Waals surface area contributed by atoms with E-state index < -0.39 is 6.03 Å². The first-order valence-corrected chi connectivity index (χ1v) is 8.73. The van der Waals surface area contributed by atoms with Crippen LogP contribution in [0.3, 0.4) is 0 Å². The number of urea groups is 1. The molecule has 1 aliphatic heterocycles. The Bertz CT molecular complexity index is 867. The molecular weight excluding hydrogens is 344 g/mol. The highest BCUT2D eigenvalue weighted by Crippen LogP contribution is 2.33. The van der Waals surface area contributed by atoms with Crippen molar-refractivity contribution < 1.29 is 19.5 Å². The predicted molar refractivity (Wildman–Crippen MR) is 103 cm³/mol. The van der Waals surface area contributed by atoms with Crippen molar-refractivity contribution in [1.29, 1.82) is 0 Å². The maximum Gasteiger partial charge on any atom is 0.338 e. The zero-order valence-electron chi connectivity index (χ0n) is 15.7. The molecule has 27 heavy (non-hydrogen) atoms. The summed E-state index contributed by atoms with van der Waals surface area (Å²) in [5, 5.41) is 9.95. The summed E-state index contributed by atoms with van der Waals surface area (Å²) in [6.07, 6.45) is 1.86. The number of carbonyl (C=O) groups is 1. The molecule has 2 aromatic rings. The van der Waals surface area contributed by atoms with Gasteiger partial charge in [0.15, 0.2) is 0 Å². The second-order valence-corrected chi connectivity index (χ2v) is 7.56. The van der Waals surface area contributed by atoms with E-state index in [1.807, 2.05) is 36.4 Å². The van der Waals surface area contributed by atoms with E-state index in [1.54, 1.807) is 0 Å². The minimum atomic E-state index is -0.905. The molecule has 2 amide bonds. The highest BCUT2D eigenvalue weighted by molar-refractivity contribution is 5.72. The summed E-state index contributed by atoms with van der Waals surface area (Å²) in [4.78, 5) is 11.0. The average Bonchev–Trinajstić information content (AvgIpc) is 2.61. The molecule has 0 aliphatic carbocycles. The third-order valence-electron chi connectivity index (χ3n) is 4.32. The van der Waals surface area contributed by atoms with Gasteiger partial charge in [-0.1, -0.05) is 32.9 Å². The summed E-state index contributed by atoms with van der Waals surface area (Å²) >= 11 is 0. The van der Waals surface area contributed by atoms with Crippen LogP contribution in [0, 0.1) is 0 Å². The highest BCUT2D eigenvalue weighted by Gasteiger charge is 2.17. The average molecular weight is 368 g/mol. The molecule has 0 saturated heterocycles. The Morgan fingerprint density at radius 2 is 1.85 bits per heavy atom. The van der Waals surface area contributed by atoms with Gasteiger partial charge in [-0.3, -0.25) is 5.21 Å². The lowest BCUT2D eigenvalue weighted by Crippen LogP contribution is -2.35. The van der Waals surface area contributed by atoms with E-state index in [1.165, 1.54) is 5.56 Å². The number of benzene rings is 2. The summed E-state index contributed by atoms with van der Waals surface area (Å²) in [6, 6.07) is 12.7. The van der Waals surface area contributed by atoms with E-state index in [0.717, 1.165) is 22.6 Å². The normalized spacial score (nSPS) is 13.3. The molecule has 0 spiro atoms. The summed E-state index contributed by atoms with van der Waals surface area (Å²) < 4.78 is 11.6. The van der Waals surface area contributed by atoms with Gasteiger partial charge in [-0.25, -0.2) is 9.86 Å². The van der Waals surface area contributed by atoms with E-state index in [9.17, 15) is 10.0 Å². The molecule has 2 aromatic carbocycles. The maximum atomic E-state index is 11.0. The maximum absolute atomic E-state index is 11.0. The van der Waals surface area contributed by atoms with Crippen LogP contribution in [0.4, 0.5) is 4.79 Å². The van der Waals surface area contributed by atoms with E-state index in [-0.39, 0.29) is 18.6 Å². The van der Waals surface area contributed by atoms with Crippen LogP contribution in [0.1, 0.15) is 31.9 Å². The number of fused-ring (bicyclic) bond motifs is 1. The fourth-order valence-electron chi connectivity index (χ4n) is 2.79. The molecule has 0 radical (unpaired) electrons. The summed E-state index contributed by atoms with van der Waals surface area (Å²) in [6.45, 7) is 6.78. The zero-order chi connectivity index (χ0) is 19.6. The van der Waals surface area contributed by atoms with Crippen LogP contribution < -0.4 is 15.2 Å². The number of rotatable bonds is 4. The first-order valence-electron chi connectivity index (χ1n) is 8.73. The third kappa shape index (κ3) is 4.60. The summed E-state index contributed by atoms with van der Waals surface area (Å²) in [5.74, 6) is 2.14. The van der Waals surface area contributed by atoms with Crippen molar-refractivity contribution in [3.63, 3.8) is 0 Å². The lowest BCUT2D eigenvalue weighted by Gasteiger charge is -2.21. The number of primary amides is 1. The molecule has 6 nitrogen and oxygen atoms in total. The van der Waals surface area contributed by atoms with Gasteiger partial charge in [0.05, 0.1) is 6.54 Å². The van der Waals surface area contributed by atoms with Crippen LogP contribution in [-0.2, 0) is 5.41 Å². The van der Waals surface area contributed by atoms with Gasteiger partial charge < -0.3 is 15.2 Å². The molecular formula is C21H24N2O4. The van der Waals surface area contributed by atoms with Crippen molar-refractivity contribution in [1.82, 2.24) is 5.06 Å². The number of hydrogen-bond donors (Lipinski definition) is 2.